The quantitative estimate of drug-likeness (QED) is 0.723. The maximum atomic E-state index is 12.4. The number of ether oxygens (including phenoxy) is 1. The molecule has 0 bridgehead atoms. The number of nitrogens with one attached hydrogen (secondary N) is 1. The van der Waals surface area contributed by atoms with E-state index in [-0.39, 0.29) is 5.56 Å². The summed E-state index contributed by atoms with van der Waals surface area (Å²) in [6, 6.07) is 8.65. The summed E-state index contributed by atoms with van der Waals surface area (Å²) in [5, 5.41) is 0.981. The smallest absolute Gasteiger partial charge is 0.274 e. The summed E-state index contributed by atoms with van der Waals surface area (Å²) in [7, 11) is 1.81. The predicted octanol–water partition coefficient (Wildman–Crippen LogP) is 3.09. The highest BCUT2D eigenvalue weighted by atomic mass is 32.2. The van der Waals surface area contributed by atoms with Crippen LogP contribution in [0.1, 0.15) is 0 Å². The minimum atomic E-state index is 0.00541. The molecular formula is C20H21N3O2S. The van der Waals surface area contributed by atoms with Crippen molar-refractivity contribution in [2.24, 2.45) is 12.5 Å². The largest absolute Gasteiger partial charge is 0.380 e. The van der Waals surface area contributed by atoms with Crippen LogP contribution in [-0.2, 0) is 11.8 Å². The molecule has 2 saturated heterocycles. The van der Waals surface area contributed by atoms with Gasteiger partial charge in [-0.3, -0.25) is 4.79 Å². The first-order valence-corrected chi connectivity index (χ1v) is 10.0. The van der Waals surface area contributed by atoms with Crippen LogP contribution < -0.4 is 10.5 Å². The molecule has 0 saturated carbocycles. The normalized spacial score (nSPS) is 18.2. The van der Waals surface area contributed by atoms with Gasteiger partial charge >= 0.3 is 0 Å². The number of aromatic amines is 1. The Bertz CT molecular complexity index is 1060. The van der Waals surface area contributed by atoms with Crippen molar-refractivity contribution < 1.29 is 4.74 Å². The Kier molecular flexibility index (Phi) is 3.49. The van der Waals surface area contributed by atoms with E-state index in [4.69, 9.17) is 4.74 Å². The van der Waals surface area contributed by atoms with Crippen LogP contribution in [0, 0.1) is 5.41 Å². The van der Waals surface area contributed by atoms with E-state index in [2.05, 4.69) is 34.3 Å². The molecule has 2 aromatic heterocycles. The summed E-state index contributed by atoms with van der Waals surface area (Å²) in [5.41, 5.74) is 4.56. The lowest BCUT2D eigenvalue weighted by molar-refractivity contribution is -0.127. The molecule has 0 unspecified atom stereocenters. The number of hydrogen-bond donors (Lipinski definition) is 1. The fourth-order valence-corrected chi connectivity index (χ4v) is 4.56. The van der Waals surface area contributed by atoms with E-state index in [1.165, 1.54) is 16.1 Å². The van der Waals surface area contributed by atoms with Gasteiger partial charge in [-0.1, -0.05) is 0 Å². The van der Waals surface area contributed by atoms with E-state index in [1.54, 1.807) is 16.3 Å². The minimum absolute atomic E-state index is 0.00541. The molecule has 0 atom stereocenters. The highest BCUT2D eigenvalue weighted by molar-refractivity contribution is 7.98. The zero-order chi connectivity index (χ0) is 17.9. The van der Waals surface area contributed by atoms with Gasteiger partial charge in [0.25, 0.3) is 5.56 Å². The molecule has 4 heterocycles. The summed E-state index contributed by atoms with van der Waals surface area (Å²) in [6.45, 7) is 3.84. The molecule has 3 aromatic rings. The molecule has 0 amide bonds. The molecule has 1 N–H and O–H groups in total. The van der Waals surface area contributed by atoms with Gasteiger partial charge in [-0.15, -0.1) is 11.8 Å². The van der Waals surface area contributed by atoms with Gasteiger partial charge in [0.2, 0.25) is 0 Å². The summed E-state index contributed by atoms with van der Waals surface area (Å²) < 4.78 is 7.09. The number of aromatic nitrogens is 2. The first-order valence-electron chi connectivity index (χ1n) is 8.78. The standard InChI is InChI=1S/C20H21N3O2S/c1-22-8-16(14-5-6-21-18(14)19(22)24)15-7-13(26-2)3-4-17(15)23-9-20(10-23)11-25-12-20/h3-8,21H,9-12H2,1-2H3. The molecule has 1 spiro atoms. The number of anilines is 1. The number of fused-ring (bicyclic) bond motifs is 1. The SMILES string of the molecule is CSc1ccc(N2CC3(COC3)C2)c(-c2cn(C)c(=O)c3[nH]ccc23)c1. The molecule has 6 heteroatoms. The molecule has 134 valence electrons. The summed E-state index contributed by atoms with van der Waals surface area (Å²) in [6.07, 6.45) is 5.90. The summed E-state index contributed by atoms with van der Waals surface area (Å²) >= 11 is 1.74. The molecule has 1 aromatic carbocycles. The van der Waals surface area contributed by atoms with Crippen molar-refractivity contribution >= 4 is 28.4 Å². The van der Waals surface area contributed by atoms with Crippen LogP contribution in [0.25, 0.3) is 22.0 Å². The van der Waals surface area contributed by atoms with Gasteiger partial charge in [0, 0.05) is 59.6 Å². The van der Waals surface area contributed by atoms with Crippen LogP contribution in [0.4, 0.5) is 5.69 Å². The van der Waals surface area contributed by atoms with E-state index < -0.39 is 0 Å². The minimum Gasteiger partial charge on any atom is -0.380 e. The van der Waals surface area contributed by atoms with Gasteiger partial charge in [0.1, 0.15) is 5.52 Å². The third kappa shape index (κ3) is 2.25. The molecule has 2 aliphatic heterocycles. The first-order chi connectivity index (χ1) is 12.6. The lowest BCUT2D eigenvalue weighted by Gasteiger charge is -2.56. The van der Waals surface area contributed by atoms with Crippen LogP contribution in [0.3, 0.4) is 0 Å². The fraction of sp³-hybridized carbons (Fsp3) is 0.350. The zero-order valence-corrected chi connectivity index (χ0v) is 15.7. The maximum Gasteiger partial charge on any atom is 0.274 e. The molecule has 5 rings (SSSR count). The fourth-order valence-electron chi connectivity index (χ4n) is 4.12. The zero-order valence-electron chi connectivity index (χ0n) is 14.9. The average Bonchev–Trinajstić information content (AvgIpc) is 3.06. The van der Waals surface area contributed by atoms with Crippen molar-refractivity contribution in [3.8, 4) is 11.1 Å². The van der Waals surface area contributed by atoms with E-state index >= 15 is 0 Å². The average molecular weight is 367 g/mol. The van der Waals surface area contributed by atoms with Crippen molar-refractivity contribution in [1.29, 1.82) is 0 Å². The van der Waals surface area contributed by atoms with E-state index in [9.17, 15) is 4.79 Å². The Labute approximate surface area is 156 Å². The second-order valence-corrected chi connectivity index (χ2v) is 8.34. The van der Waals surface area contributed by atoms with Crippen LogP contribution in [0.2, 0.25) is 0 Å². The number of pyridine rings is 1. The third-order valence-corrected chi connectivity index (χ3v) is 6.32. The lowest BCUT2D eigenvalue weighted by Crippen LogP contribution is -2.66. The lowest BCUT2D eigenvalue weighted by atomic mass is 9.77. The molecule has 2 aliphatic rings. The summed E-state index contributed by atoms with van der Waals surface area (Å²) in [5.74, 6) is 0. The highest BCUT2D eigenvalue weighted by Gasteiger charge is 2.49. The Morgan fingerprint density at radius 1 is 1.19 bits per heavy atom. The van der Waals surface area contributed by atoms with Gasteiger partial charge in [-0.05, 0) is 30.5 Å². The van der Waals surface area contributed by atoms with Crippen molar-refractivity contribution in [3.63, 3.8) is 0 Å². The van der Waals surface area contributed by atoms with Gasteiger partial charge < -0.3 is 19.2 Å². The molecule has 2 fully saturated rings. The van der Waals surface area contributed by atoms with Crippen LogP contribution in [0.15, 0.2) is 46.3 Å². The highest BCUT2D eigenvalue weighted by Crippen LogP contribution is 2.45. The topological polar surface area (TPSA) is 50.3 Å². The van der Waals surface area contributed by atoms with Crippen molar-refractivity contribution in [3.05, 3.63) is 47.0 Å². The van der Waals surface area contributed by atoms with Gasteiger partial charge in [0.05, 0.1) is 18.6 Å². The number of benzene rings is 1. The van der Waals surface area contributed by atoms with Crippen LogP contribution in [0.5, 0.6) is 0 Å². The Balaban J connectivity index is 1.67. The number of rotatable bonds is 3. The van der Waals surface area contributed by atoms with Gasteiger partial charge in [-0.25, -0.2) is 0 Å². The van der Waals surface area contributed by atoms with E-state index in [0.29, 0.717) is 10.9 Å². The molecule has 26 heavy (non-hydrogen) atoms. The number of hydrogen-bond acceptors (Lipinski definition) is 4. The molecule has 5 nitrogen and oxygen atoms in total. The van der Waals surface area contributed by atoms with Crippen LogP contribution >= 0.6 is 11.8 Å². The van der Waals surface area contributed by atoms with Gasteiger partial charge in [-0.2, -0.15) is 0 Å². The van der Waals surface area contributed by atoms with Crippen molar-refractivity contribution in [2.45, 2.75) is 4.90 Å². The molecule has 0 radical (unpaired) electrons. The van der Waals surface area contributed by atoms with Crippen molar-refractivity contribution in [2.75, 3.05) is 37.5 Å². The first kappa shape index (κ1) is 16.0. The number of nitrogens with zero attached hydrogens (tertiary/aromatic N) is 2. The van der Waals surface area contributed by atoms with Crippen molar-refractivity contribution in [1.82, 2.24) is 9.55 Å². The number of H-pyrrole nitrogens is 1. The van der Waals surface area contributed by atoms with Crippen LogP contribution in [-0.4, -0.2) is 42.1 Å². The van der Waals surface area contributed by atoms with Gasteiger partial charge in [0.15, 0.2) is 0 Å². The second-order valence-electron chi connectivity index (χ2n) is 7.46. The molecular weight excluding hydrogens is 346 g/mol. The Hall–Kier alpha value is -2.18. The Morgan fingerprint density at radius 3 is 2.69 bits per heavy atom. The number of thioether (sulfide) groups is 1. The maximum absolute atomic E-state index is 12.4. The second kappa shape index (κ2) is 5.66. The summed E-state index contributed by atoms with van der Waals surface area (Å²) in [4.78, 5) is 19.2. The van der Waals surface area contributed by atoms with E-state index in [0.717, 1.165) is 37.3 Å². The third-order valence-electron chi connectivity index (χ3n) is 5.60. The monoisotopic (exact) mass is 367 g/mol. The van der Waals surface area contributed by atoms with E-state index in [1.807, 2.05) is 25.5 Å². The Morgan fingerprint density at radius 2 is 2.00 bits per heavy atom. The predicted molar refractivity (Wildman–Crippen MR) is 106 cm³/mol. The molecule has 0 aliphatic carbocycles. The number of aryl methyl sites for hydroxylation is 1.